The minimum Gasteiger partial charge on any atom is -0.324 e. The summed E-state index contributed by atoms with van der Waals surface area (Å²) in [5.74, 6) is 1.31. The molecule has 2 fully saturated rings. The second-order valence-electron chi connectivity index (χ2n) is 4.25. The van der Waals surface area contributed by atoms with Crippen molar-refractivity contribution in [2.75, 3.05) is 37.4 Å². The lowest BCUT2D eigenvalue weighted by atomic mass is 10.0. The molecule has 2 aliphatic heterocycles. The first-order valence-electron chi connectivity index (χ1n) is 5.28. The minimum atomic E-state index is -3.17. The van der Waals surface area contributed by atoms with Crippen LogP contribution < -0.4 is 5.32 Å². The van der Waals surface area contributed by atoms with Gasteiger partial charge in [0.2, 0.25) is 5.91 Å². The molecule has 2 aliphatic rings. The van der Waals surface area contributed by atoms with Gasteiger partial charge in [0.15, 0.2) is 9.84 Å². The number of nitrogens with zero attached hydrogens (tertiary/aromatic N) is 1. The molecule has 92 valence electrons. The number of hydrogen-bond donors (Lipinski definition) is 1. The molecular weight excluding hydrogens is 248 g/mol. The van der Waals surface area contributed by atoms with Crippen LogP contribution in [0.5, 0.6) is 0 Å². The van der Waals surface area contributed by atoms with Gasteiger partial charge in [-0.3, -0.25) is 4.79 Å². The van der Waals surface area contributed by atoms with Crippen molar-refractivity contribution in [3.8, 4) is 0 Å². The van der Waals surface area contributed by atoms with Gasteiger partial charge in [-0.15, -0.1) is 0 Å². The SMILES string of the molecule is CS(=O)(=O)C1CSCCN1C(=O)C1CNC1. The molecule has 0 aromatic heterocycles. The molecule has 0 aliphatic carbocycles. The Balaban J connectivity index is 2.12. The van der Waals surface area contributed by atoms with Crippen molar-refractivity contribution in [3.05, 3.63) is 0 Å². The largest absolute Gasteiger partial charge is 0.324 e. The van der Waals surface area contributed by atoms with Crippen LogP contribution >= 0.6 is 11.8 Å². The summed E-state index contributed by atoms with van der Waals surface area (Å²) < 4.78 is 23.2. The first-order valence-corrected chi connectivity index (χ1v) is 8.39. The zero-order valence-corrected chi connectivity index (χ0v) is 10.8. The van der Waals surface area contributed by atoms with Crippen molar-refractivity contribution in [1.29, 1.82) is 0 Å². The molecular formula is C9H16N2O3S2. The van der Waals surface area contributed by atoms with Crippen LogP contribution in [-0.2, 0) is 14.6 Å². The summed E-state index contributed by atoms with van der Waals surface area (Å²) in [5, 5.41) is 2.41. The van der Waals surface area contributed by atoms with Crippen molar-refractivity contribution < 1.29 is 13.2 Å². The molecule has 2 saturated heterocycles. The Morgan fingerprint density at radius 2 is 2.12 bits per heavy atom. The number of thioether (sulfide) groups is 1. The summed E-state index contributed by atoms with van der Waals surface area (Å²) in [6.07, 6.45) is 1.21. The molecule has 16 heavy (non-hydrogen) atoms. The van der Waals surface area contributed by atoms with Gasteiger partial charge in [-0.05, 0) is 0 Å². The monoisotopic (exact) mass is 264 g/mol. The molecule has 5 nitrogen and oxygen atoms in total. The Kier molecular flexibility index (Phi) is 3.46. The van der Waals surface area contributed by atoms with E-state index in [4.69, 9.17) is 0 Å². The summed E-state index contributed by atoms with van der Waals surface area (Å²) >= 11 is 1.60. The van der Waals surface area contributed by atoms with E-state index < -0.39 is 15.2 Å². The zero-order chi connectivity index (χ0) is 11.8. The predicted molar refractivity (Wildman–Crippen MR) is 64.0 cm³/mol. The van der Waals surface area contributed by atoms with Crippen molar-refractivity contribution >= 4 is 27.5 Å². The van der Waals surface area contributed by atoms with E-state index in [1.165, 1.54) is 6.26 Å². The van der Waals surface area contributed by atoms with Crippen molar-refractivity contribution in [2.45, 2.75) is 5.37 Å². The third kappa shape index (κ3) is 2.36. The number of nitrogens with one attached hydrogen (secondary N) is 1. The molecule has 1 N–H and O–H groups in total. The van der Waals surface area contributed by atoms with Crippen molar-refractivity contribution in [1.82, 2.24) is 10.2 Å². The molecule has 0 saturated carbocycles. The van der Waals surface area contributed by atoms with E-state index in [1.807, 2.05) is 0 Å². The smallest absolute Gasteiger partial charge is 0.229 e. The van der Waals surface area contributed by atoms with E-state index >= 15 is 0 Å². The molecule has 1 atom stereocenters. The summed E-state index contributed by atoms with van der Waals surface area (Å²) in [6.45, 7) is 1.91. The van der Waals surface area contributed by atoms with E-state index in [0.29, 0.717) is 25.4 Å². The van der Waals surface area contributed by atoms with Gasteiger partial charge < -0.3 is 10.2 Å². The first-order chi connectivity index (χ1) is 7.50. The third-order valence-electron chi connectivity index (χ3n) is 2.99. The lowest BCUT2D eigenvalue weighted by Crippen LogP contribution is -2.58. The van der Waals surface area contributed by atoms with Gasteiger partial charge in [0.25, 0.3) is 0 Å². The van der Waals surface area contributed by atoms with Crippen LogP contribution in [0.25, 0.3) is 0 Å². The van der Waals surface area contributed by atoms with E-state index in [2.05, 4.69) is 5.32 Å². The lowest BCUT2D eigenvalue weighted by molar-refractivity contribution is -0.137. The highest BCUT2D eigenvalue weighted by atomic mass is 32.2. The normalized spacial score (nSPS) is 27.6. The van der Waals surface area contributed by atoms with Gasteiger partial charge in [-0.25, -0.2) is 8.42 Å². The molecule has 7 heteroatoms. The predicted octanol–water partition coefficient (Wildman–Crippen LogP) is -0.848. The summed E-state index contributed by atoms with van der Waals surface area (Å²) in [4.78, 5) is 13.6. The van der Waals surface area contributed by atoms with Crippen LogP contribution in [-0.4, -0.2) is 62.0 Å². The number of rotatable bonds is 2. The van der Waals surface area contributed by atoms with Crippen LogP contribution in [0.1, 0.15) is 0 Å². The van der Waals surface area contributed by atoms with E-state index in [9.17, 15) is 13.2 Å². The zero-order valence-electron chi connectivity index (χ0n) is 9.18. The number of hydrogen-bond acceptors (Lipinski definition) is 5. The Labute approximate surface area is 99.9 Å². The molecule has 2 heterocycles. The number of carbonyl (C=O) groups is 1. The van der Waals surface area contributed by atoms with Gasteiger partial charge in [-0.1, -0.05) is 0 Å². The molecule has 0 spiro atoms. The Morgan fingerprint density at radius 3 is 2.62 bits per heavy atom. The van der Waals surface area contributed by atoms with Crippen LogP contribution in [0.15, 0.2) is 0 Å². The highest BCUT2D eigenvalue weighted by Gasteiger charge is 2.38. The standard InChI is InChI=1S/C9H16N2O3S2/c1-16(13,14)8-6-15-3-2-11(8)9(12)7-4-10-5-7/h7-8,10H,2-6H2,1H3. The Hall–Kier alpha value is -0.270. The highest BCUT2D eigenvalue weighted by molar-refractivity contribution is 8.00. The molecule has 0 aromatic rings. The molecule has 1 amide bonds. The maximum Gasteiger partial charge on any atom is 0.229 e. The van der Waals surface area contributed by atoms with Gasteiger partial charge in [0.05, 0.1) is 5.92 Å². The molecule has 0 aromatic carbocycles. The van der Waals surface area contributed by atoms with Gasteiger partial charge in [0.1, 0.15) is 5.37 Å². The van der Waals surface area contributed by atoms with Gasteiger partial charge >= 0.3 is 0 Å². The summed E-state index contributed by atoms with van der Waals surface area (Å²) in [6, 6.07) is 0. The fourth-order valence-electron chi connectivity index (χ4n) is 1.89. The Morgan fingerprint density at radius 1 is 1.44 bits per heavy atom. The minimum absolute atomic E-state index is 0.00512. The number of carbonyl (C=O) groups excluding carboxylic acids is 1. The Bertz CT molecular complexity index is 378. The molecule has 1 unspecified atom stereocenters. The van der Waals surface area contributed by atoms with Crippen LogP contribution in [0.3, 0.4) is 0 Å². The maximum atomic E-state index is 12.0. The van der Waals surface area contributed by atoms with Crippen molar-refractivity contribution in [2.24, 2.45) is 5.92 Å². The summed E-state index contributed by atoms with van der Waals surface area (Å²) in [7, 11) is -3.17. The van der Waals surface area contributed by atoms with Crippen LogP contribution in [0, 0.1) is 5.92 Å². The van der Waals surface area contributed by atoms with E-state index in [1.54, 1.807) is 16.7 Å². The first kappa shape index (κ1) is 12.2. The van der Waals surface area contributed by atoms with Gasteiger partial charge in [-0.2, -0.15) is 11.8 Å². The highest BCUT2D eigenvalue weighted by Crippen LogP contribution is 2.23. The topological polar surface area (TPSA) is 66.5 Å². The molecule has 2 rings (SSSR count). The van der Waals surface area contributed by atoms with Crippen molar-refractivity contribution in [3.63, 3.8) is 0 Å². The fraction of sp³-hybridized carbons (Fsp3) is 0.889. The van der Waals surface area contributed by atoms with Crippen LogP contribution in [0.4, 0.5) is 0 Å². The lowest BCUT2D eigenvalue weighted by Gasteiger charge is -2.38. The number of sulfone groups is 1. The second kappa shape index (κ2) is 4.54. The van der Waals surface area contributed by atoms with E-state index in [0.717, 1.165) is 5.75 Å². The maximum absolute atomic E-state index is 12.0. The van der Waals surface area contributed by atoms with E-state index in [-0.39, 0.29) is 11.8 Å². The van der Waals surface area contributed by atoms with Gasteiger partial charge in [0, 0.05) is 37.4 Å². The third-order valence-corrected chi connectivity index (χ3v) is 5.64. The quantitative estimate of drug-likeness (QED) is 0.704. The summed E-state index contributed by atoms with van der Waals surface area (Å²) in [5.41, 5.74) is 0. The van der Waals surface area contributed by atoms with Crippen LogP contribution in [0.2, 0.25) is 0 Å². The average Bonchev–Trinajstić information content (AvgIpc) is 2.13. The fourth-order valence-corrected chi connectivity index (χ4v) is 4.71. The number of amides is 1. The second-order valence-corrected chi connectivity index (χ2v) is 7.60. The molecule has 0 radical (unpaired) electrons. The average molecular weight is 264 g/mol. The molecule has 0 bridgehead atoms.